The first-order chi connectivity index (χ1) is 15.5. The number of H-pyrrole nitrogens is 1. The Hall–Kier alpha value is -2.72. The normalized spacial score (nSPS) is 12.1. The molecule has 2 aromatic carbocycles. The van der Waals surface area contributed by atoms with Crippen LogP contribution in [-0.2, 0) is 11.1 Å². The molecule has 7 heteroatoms. The van der Waals surface area contributed by atoms with Crippen LogP contribution in [0, 0.1) is 13.8 Å². The number of hydrogen-bond donors (Lipinski definition) is 2. The molecular weight excluding hydrogens is 441 g/mol. The molecule has 5 nitrogen and oxygen atoms in total. The molecule has 4 rings (SSSR count). The predicted molar refractivity (Wildman–Crippen MR) is 132 cm³/mol. The molecule has 0 aliphatic carbocycles. The summed E-state index contributed by atoms with van der Waals surface area (Å²) < 4.78 is 6.30. The van der Waals surface area contributed by atoms with Crippen LogP contribution in [-0.4, -0.2) is 22.5 Å². The number of rotatable bonds is 7. The van der Waals surface area contributed by atoms with Crippen LogP contribution in [0.25, 0.3) is 10.9 Å². The van der Waals surface area contributed by atoms with E-state index >= 15 is 0 Å². The van der Waals surface area contributed by atoms with Crippen LogP contribution in [0.3, 0.4) is 0 Å². The molecule has 0 fully saturated rings. The molecule has 0 saturated heterocycles. The summed E-state index contributed by atoms with van der Waals surface area (Å²) >= 11 is 6.34. The summed E-state index contributed by atoms with van der Waals surface area (Å²) in [6.07, 6.45) is 3.43. The Labute approximate surface area is 194 Å². The third kappa shape index (κ3) is 4.86. The maximum Gasteiger partial charge on any atom is 0.268 e. The Bertz CT molecular complexity index is 1240. The van der Waals surface area contributed by atoms with Crippen molar-refractivity contribution in [3.8, 4) is 0 Å². The number of fused-ring (bicyclic) bond motifs is 1. The van der Waals surface area contributed by atoms with Gasteiger partial charge >= 0.3 is 0 Å². The molecule has 1 amide bonds. The van der Waals surface area contributed by atoms with E-state index < -0.39 is 8.15 Å². The summed E-state index contributed by atoms with van der Waals surface area (Å²) in [7, 11) is -1.24. The summed E-state index contributed by atoms with van der Waals surface area (Å²) in [5.74, 6) is -0.180. The van der Waals surface area contributed by atoms with Gasteiger partial charge in [-0.1, -0.05) is 28.8 Å². The van der Waals surface area contributed by atoms with Gasteiger partial charge in [0.15, 0.2) is 0 Å². The van der Waals surface area contributed by atoms with E-state index in [9.17, 15) is 4.79 Å². The largest absolute Gasteiger partial charge is 0.350 e. The molecule has 0 aliphatic heterocycles. The highest BCUT2D eigenvalue weighted by molar-refractivity contribution is 7.69. The minimum Gasteiger partial charge on any atom is -0.350 e. The van der Waals surface area contributed by atoms with Gasteiger partial charge in [-0.3, -0.25) is 9.78 Å². The van der Waals surface area contributed by atoms with Crippen LogP contribution < -0.4 is 15.9 Å². The molecule has 32 heavy (non-hydrogen) atoms. The number of aromatic amines is 1. The Morgan fingerprint density at radius 3 is 2.50 bits per heavy atom. The molecule has 164 valence electrons. The second-order valence-electron chi connectivity index (χ2n) is 7.63. The van der Waals surface area contributed by atoms with Gasteiger partial charge in [-0.15, -0.1) is 0 Å². The van der Waals surface area contributed by atoms with Gasteiger partial charge in [0, 0.05) is 52.1 Å². The van der Waals surface area contributed by atoms with Gasteiger partial charge < -0.3 is 14.8 Å². The molecule has 1 unspecified atom stereocenters. The number of pyridine rings is 1. The molecule has 0 aliphatic rings. The number of aromatic nitrogens is 2. The monoisotopic (exact) mass is 465 g/mol. The van der Waals surface area contributed by atoms with Crippen LogP contribution in [0.4, 0.5) is 0 Å². The third-order valence-corrected chi connectivity index (χ3v) is 7.41. The molecule has 2 aromatic heterocycles. The van der Waals surface area contributed by atoms with E-state index in [-0.39, 0.29) is 5.91 Å². The lowest BCUT2D eigenvalue weighted by Gasteiger charge is -2.20. The topological polar surface area (TPSA) is 67.0 Å². The highest BCUT2D eigenvalue weighted by Gasteiger charge is 2.27. The molecule has 0 saturated carbocycles. The van der Waals surface area contributed by atoms with Gasteiger partial charge in [-0.25, -0.2) is 0 Å². The van der Waals surface area contributed by atoms with E-state index in [1.165, 1.54) is 0 Å². The molecular formula is C25H25ClN3O2P. The van der Waals surface area contributed by atoms with Crippen molar-refractivity contribution >= 4 is 47.2 Å². The quantitative estimate of drug-likeness (QED) is 0.371. The van der Waals surface area contributed by atoms with Crippen LogP contribution in [0.15, 0.2) is 60.9 Å². The van der Waals surface area contributed by atoms with Crippen molar-refractivity contribution in [2.75, 3.05) is 6.61 Å². The van der Waals surface area contributed by atoms with Gasteiger partial charge in [0.2, 0.25) is 0 Å². The van der Waals surface area contributed by atoms with E-state index in [0.717, 1.165) is 38.2 Å². The van der Waals surface area contributed by atoms with Crippen molar-refractivity contribution in [3.05, 3.63) is 88.3 Å². The smallest absolute Gasteiger partial charge is 0.268 e. The minimum absolute atomic E-state index is 0.180. The zero-order valence-electron chi connectivity index (χ0n) is 18.3. The van der Waals surface area contributed by atoms with Crippen LogP contribution in [0.2, 0.25) is 5.02 Å². The lowest BCUT2D eigenvalue weighted by Crippen LogP contribution is -2.29. The SMILES string of the molecule is CCOP(c1cc(C)cc(C)c1)c1c(C(=O)NCc2ccncc2)[nH]c2ccc(Cl)cc12. The van der Waals surface area contributed by atoms with Crippen LogP contribution >= 0.6 is 19.7 Å². The number of nitrogens with zero attached hydrogens (tertiary/aromatic N) is 1. The summed E-state index contributed by atoms with van der Waals surface area (Å²) in [5, 5.41) is 6.48. The lowest BCUT2D eigenvalue weighted by atomic mass is 10.2. The first kappa shape index (κ1) is 22.5. The second kappa shape index (κ2) is 9.83. The van der Waals surface area contributed by atoms with Crippen LogP contribution in [0.1, 0.15) is 34.1 Å². The Kier molecular flexibility index (Phi) is 6.90. The van der Waals surface area contributed by atoms with Gasteiger partial charge in [-0.2, -0.15) is 0 Å². The van der Waals surface area contributed by atoms with Crippen molar-refractivity contribution in [2.45, 2.75) is 27.3 Å². The highest BCUT2D eigenvalue weighted by atomic mass is 35.5. The second-order valence-corrected chi connectivity index (χ2v) is 9.88. The molecule has 0 spiro atoms. The number of carbonyl (C=O) groups excluding carboxylic acids is 1. The van der Waals surface area contributed by atoms with E-state index in [4.69, 9.17) is 16.1 Å². The molecule has 1 atom stereocenters. The molecule has 0 bridgehead atoms. The van der Waals surface area contributed by atoms with Crippen molar-refractivity contribution in [1.29, 1.82) is 0 Å². The molecule has 4 aromatic rings. The van der Waals surface area contributed by atoms with Gasteiger partial charge in [-0.05, 0) is 68.8 Å². The zero-order valence-corrected chi connectivity index (χ0v) is 19.9. The van der Waals surface area contributed by atoms with Crippen molar-refractivity contribution in [1.82, 2.24) is 15.3 Å². The molecule has 2 N–H and O–H groups in total. The van der Waals surface area contributed by atoms with Crippen molar-refractivity contribution in [3.63, 3.8) is 0 Å². The Balaban J connectivity index is 1.81. The summed E-state index contributed by atoms with van der Waals surface area (Å²) in [4.78, 5) is 20.7. The highest BCUT2D eigenvalue weighted by Crippen LogP contribution is 2.40. The number of benzene rings is 2. The fourth-order valence-electron chi connectivity index (χ4n) is 3.76. The van der Waals surface area contributed by atoms with E-state index in [2.05, 4.69) is 47.3 Å². The fourth-order valence-corrected chi connectivity index (χ4v) is 6.13. The Morgan fingerprint density at radius 1 is 1.09 bits per heavy atom. The van der Waals surface area contributed by atoms with Gasteiger partial charge in [0.1, 0.15) is 5.69 Å². The predicted octanol–water partition coefficient (Wildman–Crippen LogP) is 5.15. The maximum absolute atomic E-state index is 13.3. The average molecular weight is 466 g/mol. The summed E-state index contributed by atoms with van der Waals surface area (Å²) in [5.41, 5.74) is 4.67. The summed E-state index contributed by atoms with van der Waals surface area (Å²) in [6.45, 7) is 7.06. The number of halogens is 1. The van der Waals surface area contributed by atoms with Gasteiger partial charge in [0.25, 0.3) is 5.91 Å². The van der Waals surface area contributed by atoms with Crippen molar-refractivity contribution < 1.29 is 9.32 Å². The summed E-state index contributed by atoms with van der Waals surface area (Å²) in [6, 6.07) is 15.8. The third-order valence-electron chi connectivity index (χ3n) is 5.06. The maximum atomic E-state index is 13.3. The molecule has 2 heterocycles. The van der Waals surface area contributed by atoms with E-state index in [1.54, 1.807) is 12.4 Å². The molecule has 0 radical (unpaired) electrons. The van der Waals surface area contributed by atoms with E-state index in [1.807, 2.05) is 37.3 Å². The number of carbonyl (C=O) groups is 1. The number of nitrogens with one attached hydrogen (secondary N) is 2. The average Bonchev–Trinajstić information content (AvgIpc) is 3.14. The zero-order chi connectivity index (χ0) is 22.7. The lowest BCUT2D eigenvalue weighted by molar-refractivity contribution is 0.0948. The fraction of sp³-hybridized carbons (Fsp3) is 0.200. The first-order valence-corrected chi connectivity index (χ1v) is 12.1. The first-order valence-electron chi connectivity index (χ1n) is 10.5. The van der Waals surface area contributed by atoms with Crippen molar-refractivity contribution in [2.24, 2.45) is 0 Å². The van der Waals surface area contributed by atoms with Gasteiger partial charge in [0.05, 0.1) is 8.15 Å². The van der Waals surface area contributed by atoms with Crippen LogP contribution in [0.5, 0.6) is 0 Å². The Morgan fingerprint density at radius 2 is 1.81 bits per heavy atom. The van der Waals surface area contributed by atoms with E-state index in [0.29, 0.717) is 23.9 Å². The number of aryl methyl sites for hydroxylation is 2. The number of hydrogen-bond acceptors (Lipinski definition) is 3. The minimum atomic E-state index is -1.24. The standard InChI is InChI=1S/C25H25ClN3O2P/c1-4-31-32(20-12-16(2)11-17(3)13-20)24-21-14-19(26)5-6-22(21)29-23(24)25(30)28-15-18-7-9-27-10-8-18/h5-14,29H,4,15H2,1-3H3,(H,28,30). The number of amides is 1.